The zero-order valence-corrected chi connectivity index (χ0v) is 11.2. The van der Waals surface area contributed by atoms with Crippen molar-refractivity contribution < 1.29 is 31.9 Å². The lowest BCUT2D eigenvalue weighted by molar-refractivity contribution is -0.138. The van der Waals surface area contributed by atoms with Crippen molar-refractivity contribution in [2.45, 2.75) is 25.1 Å². The van der Waals surface area contributed by atoms with Crippen molar-refractivity contribution >= 4 is 16.9 Å². The number of carboxylic acid groups (broad SMARTS) is 1. The molecule has 0 aliphatic heterocycles. The van der Waals surface area contributed by atoms with Crippen LogP contribution in [-0.4, -0.2) is 15.6 Å². The summed E-state index contributed by atoms with van der Waals surface area (Å²) < 4.78 is 68.1. The molecule has 1 aliphatic rings. The van der Waals surface area contributed by atoms with Crippen LogP contribution in [0.5, 0.6) is 0 Å². The molecule has 0 amide bonds. The highest BCUT2D eigenvalue weighted by atomic mass is 19.4. The Balaban J connectivity index is 2.59. The second-order valence-electron chi connectivity index (χ2n) is 5.25. The average Bonchev–Trinajstić information content (AvgIpc) is 3.20. The number of aromatic nitrogens is 1. The van der Waals surface area contributed by atoms with Gasteiger partial charge in [-0.25, -0.2) is 13.6 Å². The smallest absolute Gasteiger partial charge is 0.421 e. The lowest BCUT2D eigenvalue weighted by Gasteiger charge is -2.18. The van der Waals surface area contributed by atoms with Gasteiger partial charge in [-0.15, -0.1) is 0 Å². The Kier molecular flexibility index (Phi) is 3.20. The molecule has 1 aliphatic carbocycles. The van der Waals surface area contributed by atoms with Crippen LogP contribution < -0.4 is 5.43 Å². The first kappa shape index (κ1) is 15.4. The fraction of sp³-hybridized carbons (Fsp3) is 0.286. The van der Waals surface area contributed by atoms with Crippen LogP contribution >= 0.6 is 0 Å². The highest BCUT2D eigenvalue weighted by Crippen LogP contribution is 2.42. The van der Waals surface area contributed by atoms with Gasteiger partial charge in [0.25, 0.3) is 0 Å². The summed E-state index contributed by atoms with van der Waals surface area (Å²) in [7, 11) is 0. The lowest BCUT2D eigenvalue weighted by atomic mass is 10.0. The van der Waals surface area contributed by atoms with E-state index in [0.29, 0.717) is 12.8 Å². The van der Waals surface area contributed by atoms with E-state index < -0.39 is 57.3 Å². The number of carbonyl (C=O) groups is 1. The highest BCUT2D eigenvalue weighted by Gasteiger charge is 2.40. The van der Waals surface area contributed by atoms with Gasteiger partial charge in [0.15, 0.2) is 0 Å². The molecule has 4 nitrogen and oxygen atoms in total. The minimum absolute atomic E-state index is 0.0462. The highest BCUT2D eigenvalue weighted by molar-refractivity contribution is 5.94. The van der Waals surface area contributed by atoms with E-state index in [1.54, 1.807) is 0 Å². The number of hydrogen-bond acceptors (Lipinski definition) is 2. The van der Waals surface area contributed by atoms with Crippen LogP contribution in [0.3, 0.4) is 0 Å². The fourth-order valence-electron chi connectivity index (χ4n) is 2.54. The molecule has 23 heavy (non-hydrogen) atoms. The number of halogens is 5. The Labute approximate surface area is 124 Å². The van der Waals surface area contributed by atoms with Crippen molar-refractivity contribution in [3.05, 3.63) is 45.2 Å². The van der Waals surface area contributed by atoms with Gasteiger partial charge >= 0.3 is 12.1 Å². The van der Waals surface area contributed by atoms with Crippen LogP contribution in [0.1, 0.15) is 34.8 Å². The summed E-state index contributed by atoms with van der Waals surface area (Å²) in [5.41, 5.74) is -4.99. The molecule has 2 aromatic rings. The molecule has 9 heteroatoms. The molecule has 1 aromatic carbocycles. The summed E-state index contributed by atoms with van der Waals surface area (Å²) >= 11 is 0. The summed E-state index contributed by atoms with van der Waals surface area (Å²) in [6.45, 7) is 0. The normalized spacial score (nSPS) is 15.2. The van der Waals surface area contributed by atoms with Gasteiger partial charge in [-0.2, -0.15) is 13.2 Å². The Hall–Kier alpha value is -2.45. The van der Waals surface area contributed by atoms with Gasteiger partial charge in [0.1, 0.15) is 22.8 Å². The van der Waals surface area contributed by atoms with Crippen molar-refractivity contribution in [2.24, 2.45) is 0 Å². The van der Waals surface area contributed by atoms with E-state index >= 15 is 0 Å². The summed E-state index contributed by atoms with van der Waals surface area (Å²) in [4.78, 5) is 23.1. The lowest BCUT2D eigenvalue weighted by Crippen LogP contribution is -2.23. The Bertz CT molecular complexity index is 896. The van der Waals surface area contributed by atoms with Crippen molar-refractivity contribution in [3.63, 3.8) is 0 Å². The molecule has 3 rings (SSSR count). The largest absolute Gasteiger partial charge is 0.477 e. The average molecular weight is 333 g/mol. The molecular weight excluding hydrogens is 325 g/mol. The van der Waals surface area contributed by atoms with Crippen molar-refractivity contribution in [3.8, 4) is 0 Å². The Morgan fingerprint density at radius 3 is 2.30 bits per heavy atom. The molecule has 0 radical (unpaired) electrons. The summed E-state index contributed by atoms with van der Waals surface area (Å²) in [6, 6.07) is -0.575. The molecule has 0 atom stereocenters. The van der Waals surface area contributed by atoms with Gasteiger partial charge in [0.05, 0.1) is 10.9 Å². The number of fused-ring (bicyclic) bond motifs is 1. The van der Waals surface area contributed by atoms with Crippen LogP contribution in [0, 0.1) is 11.6 Å². The molecule has 1 fully saturated rings. The number of benzene rings is 1. The molecule has 0 bridgehead atoms. The monoisotopic (exact) mass is 333 g/mol. The number of alkyl halides is 3. The summed E-state index contributed by atoms with van der Waals surface area (Å²) in [5.74, 6) is -5.06. The van der Waals surface area contributed by atoms with Crippen LogP contribution in [-0.2, 0) is 6.18 Å². The second-order valence-corrected chi connectivity index (χ2v) is 5.25. The molecule has 1 heterocycles. The Morgan fingerprint density at radius 2 is 1.83 bits per heavy atom. The van der Waals surface area contributed by atoms with Gasteiger partial charge in [0.2, 0.25) is 5.43 Å². The number of hydrogen-bond donors (Lipinski definition) is 1. The maximum absolute atomic E-state index is 14.0. The Morgan fingerprint density at radius 1 is 1.22 bits per heavy atom. The van der Waals surface area contributed by atoms with Crippen molar-refractivity contribution in [2.75, 3.05) is 0 Å². The third-order valence-corrected chi connectivity index (χ3v) is 3.66. The third-order valence-electron chi connectivity index (χ3n) is 3.66. The predicted molar refractivity (Wildman–Crippen MR) is 68.4 cm³/mol. The first-order valence-electron chi connectivity index (χ1n) is 6.50. The van der Waals surface area contributed by atoms with E-state index in [1.165, 1.54) is 0 Å². The van der Waals surface area contributed by atoms with E-state index in [0.717, 1.165) is 10.8 Å². The summed E-state index contributed by atoms with van der Waals surface area (Å²) in [5, 5.41) is 7.93. The van der Waals surface area contributed by atoms with Crippen molar-refractivity contribution in [1.82, 2.24) is 4.57 Å². The molecule has 122 valence electrons. The minimum atomic E-state index is -5.16. The zero-order chi connectivity index (χ0) is 17.1. The number of pyridine rings is 1. The first-order chi connectivity index (χ1) is 10.6. The van der Waals surface area contributed by atoms with Crippen molar-refractivity contribution in [1.29, 1.82) is 0 Å². The zero-order valence-electron chi connectivity index (χ0n) is 11.2. The van der Waals surface area contributed by atoms with Gasteiger partial charge in [-0.05, 0) is 12.8 Å². The SMILES string of the molecule is O=C(O)c1cn(C2CC2)c2c(C(F)(F)F)c(F)cc(F)c2c1=O. The van der Waals surface area contributed by atoms with Gasteiger partial charge in [-0.1, -0.05) is 0 Å². The molecule has 1 aromatic heterocycles. The number of rotatable bonds is 2. The quantitative estimate of drug-likeness (QED) is 0.858. The molecular formula is C14H8F5NO3. The van der Waals surface area contributed by atoms with Gasteiger partial charge in [0, 0.05) is 18.3 Å². The van der Waals surface area contributed by atoms with E-state index in [1.807, 2.05) is 0 Å². The van der Waals surface area contributed by atoms with Crippen LogP contribution in [0.2, 0.25) is 0 Å². The molecule has 0 unspecified atom stereocenters. The van der Waals surface area contributed by atoms with Gasteiger partial charge < -0.3 is 9.67 Å². The van der Waals surface area contributed by atoms with E-state index in [2.05, 4.69) is 0 Å². The molecule has 0 saturated heterocycles. The van der Waals surface area contributed by atoms with E-state index in [4.69, 9.17) is 5.11 Å². The van der Waals surface area contributed by atoms with E-state index in [9.17, 15) is 31.5 Å². The fourth-order valence-corrected chi connectivity index (χ4v) is 2.54. The van der Waals surface area contributed by atoms with E-state index in [-0.39, 0.29) is 6.07 Å². The maximum atomic E-state index is 14.0. The van der Waals surface area contributed by atoms with Crippen LogP contribution in [0.25, 0.3) is 10.9 Å². The predicted octanol–water partition coefficient (Wildman–Crippen LogP) is 3.33. The standard InChI is InChI=1S/C14H8F5NO3/c15-7-3-8(16)10(14(17,18)19)11-9(7)12(21)6(13(22)23)4-20(11)5-1-2-5/h3-5H,1-2H2,(H,22,23). The number of carboxylic acids is 1. The minimum Gasteiger partial charge on any atom is -0.477 e. The van der Waals surface area contributed by atoms with Gasteiger partial charge in [-0.3, -0.25) is 4.79 Å². The topological polar surface area (TPSA) is 59.3 Å². The summed E-state index contributed by atoms with van der Waals surface area (Å²) in [6.07, 6.45) is -3.60. The van der Waals surface area contributed by atoms with Crippen LogP contribution in [0.4, 0.5) is 22.0 Å². The number of nitrogens with zero attached hydrogens (tertiary/aromatic N) is 1. The molecule has 1 saturated carbocycles. The first-order valence-corrected chi connectivity index (χ1v) is 6.50. The molecule has 0 spiro atoms. The van der Waals surface area contributed by atoms with Crippen LogP contribution in [0.15, 0.2) is 17.1 Å². The number of aromatic carboxylic acids is 1. The maximum Gasteiger partial charge on any atom is 0.421 e. The molecule has 1 N–H and O–H groups in total. The third kappa shape index (κ3) is 2.36. The second kappa shape index (κ2) is 4.77.